The number of aliphatic carboxylic acids is 1. The van der Waals surface area contributed by atoms with E-state index in [1.54, 1.807) is 6.92 Å². The van der Waals surface area contributed by atoms with Crippen LogP contribution in [-0.2, 0) is 9.53 Å². The molecule has 1 aromatic carbocycles. The third-order valence-electron chi connectivity index (χ3n) is 2.17. The van der Waals surface area contributed by atoms with Crippen LogP contribution >= 0.6 is 0 Å². The van der Waals surface area contributed by atoms with Gasteiger partial charge in [-0.15, -0.1) is 0 Å². The largest absolute Gasteiger partial charge is 0.481 e. The molecule has 19 heavy (non-hydrogen) atoms. The van der Waals surface area contributed by atoms with Crippen molar-refractivity contribution in [1.29, 1.82) is 0 Å². The molecule has 1 N–H and O–H groups in total. The minimum Gasteiger partial charge on any atom is -0.481 e. The lowest BCUT2D eigenvalue weighted by Crippen LogP contribution is -2.30. The average Bonchev–Trinajstić information content (AvgIpc) is 2.34. The maximum Gasteiger partial charge on any atom is 0.336 e. The quantitative estimate of drug-likeness (QED) is 0.598. The predicted molar refractivity (Wildman–Crippen MR) is 61.6 cm³/mol. The van der Waals surface area contributed by atoms with Crippen molar-refractivity contribution in [1.82, 2.24) is 0 Å². The summed E-state index contributed by atoms with van der Waals surface area (Å²) in [5.41, 5.74) is -0.569. The smallest absolute Gasteiger partial charge is 0.336 e. The number of benzene rings is 1. The van der Waals surface area contributed by atoms with Gasteiger partial charge in [0.15, 0.2) is 11.9 Å². The van der Waals surface area contributed by atoms with Crippen molar-refractivity contribution < 1.29 is 28.7 Å². The van der Waals surface area contributed by atoms with Gasteiger partial charge in [-0.25, -0.2) is 9.18 Å². The van der Waals surface area contributed by atoms with Crippen LogP contribution in [0.2, 0.25) is 0 Å². The second kappa shape index (κ2) is 6.64. The van der Waals surface area contributed by atoms with Gasteiger partial charge < -0.3 is 14.6 Å². The first kappa shape index (κ1) is 14.8. The van der Waals surface area contributed by atoms with Crippen LogP contribution in [0.4, 0.5) is 10.1 Å². The van der Waals surface area contributed by atoms with E-state index >= 15 is 0 Å². The summed E-state index contributed by atoms with van der Waals surface area (Å²) < 4.78 is 23.2. The molecular formula is C11H12FNO6. The van der Waals surface area contributed by atoms with E-state index in [0.29, 0.717) is 0 Å². The first-order valence-corrected chi connectivity index (χ1v) is 5.37. The molecule has 0 bridgehead atoms. The van der Waals surface area contributed by atoms with Crippen LogP contribution in [0, 0.1) is 15.9 Å². The highest BCUT2D eigenvalue weighted by Gasteiger charge is 2.24. The normalized spacial score (nSPS) is 11.9. The number of nitro groups is 1. The Kier molecular flexibility index (Phi) is 5.19. The van der Waals surface area contributed by atoms with Crippen LogP contribution in [0.3, 0.4) is 0 Å². The van der Waals surface area contributed by atoms with Crippen molar-refractivity contribution in [2.75, 3.05) is 13.2 Å². The Bertz CT molecular complexity index is 478. The Morgan fingerprint density at radius 3 is 2.79 bits per heavy atom. The van der Waals surface area contributed by atoms with E-state index in [1.165, 1.54) is 0 Å². The first-order valence-electron chi connectivity index (χ1n) is 5.37. The zero-order valence-corrected chi connectivity index (χ0v) is 10.0. The molecule has 104 valence electrons. The number of carbonyl (C=O) groups is 1. The molecule has 0 heterocycles. The third kappa shape index (κ3) is 3.88. The standard InChI is InChI=1S/C11H12FNO6/c1-2-18-9(11(14)15)6-19-10-7(12)4-3-5-8(10)13(16)17/h3-5,9H,2,6H2,1H3,(H,14,15). The first-order chi connectivity index (χ1) is 8.97. The number of hydrogen-bond acceptors (Lipinski definition) is 5. The van der Waals surface area contributed by atoms with Gasteiger partial charge in [-0.2, -0.15) is 0 Å². The Labute approximate surface area is 107 Å². The molecule has 1 rings (SSSR count). The Hall–Kier alpha value is -2.22. The summed E-state index contributed by atoms with van der Waals surface area (Å²) in [5, 5.41) is 19.5. The number of carboxylic acids is 1. The SMILES string of the molecule is CCOC(COc1c(F)cccc1[N+](=O)[O-])C(=O)O. The molecule has 0 aliphatic rings. The maximum atomic E-state index is 13.4. The lowest BCUT2D eigenvalue weighted by molar-refractivity contribution is -0.386. The number of rotatable bonds is 7. The molecule has 0 fully saturated rings. The van der Waals surface area contributed by atoms with E-state index < -0.39 is 40.9 Å². The van der Waals surface area contributed by atoms with E-state index in [1.807, 2.05) is 0 Å². The van der Waals surface area contributed by atoms with Crippen LogP contribution < -0.4 is 4.74 Å². The van der Waals surface area contributed by atoms with E-state index in [9.17, 15) is 19.3 Å². The van der Waals surface area contributed by atoms with Crippen molar-refractivity contribution in [3.05, 3.63) is 34.1 Å². The summed E-state index contributed by atoms with van der Waals surface area (Å²) in [6, 6.07) is 3.21. The molecule has 0 saturated carbocycles. The van der Waals surface area contributed by atoms with E-state index in [2.05, 4.69) is 0 Å². The van der Waals surface area contributed by atoms with Crippen LogP contribution in [0.25, 0.3) is 0 Å². The van der Waals surface area contributed by atoms with Gasteiger partial charge in [-0.1, -0.05) is 6.07 Å². The Morgan fingerprint density at radius 1 is 1.58 bits per heavy atom. The summed E-state index contributed by atoms with van der Waals surface area (Å²) >= 11 is 0. The van der Waals surface area contributed by atoms with Crippen molar-refractivity contribution in [2.45, 2.75) is 13.0 Å². The highest BCUT2D eigenvalue weighted by atomic mass is 19.1. The van der Waals surface area contributed by atoms with Gasteiger partial charge in [-0.3, -0.25) is 10.1 Å². The Balaban J connectivity index is 2.87. The molecule has 0 saturated heterocycles. The molecular weight excluding hydrogens is 261 g/mol. The lowest BCUT2D eigenvalue weighted by atomic mass is 10.3. The second-order valence-corrected chi connectivity index (χ2v) is 3.44. The minimum atomic E-state index is -1.32. The van der Waals surface area contributed by atoms with Crippen molar-refractivity contribution in [2.24, 2.45) is 0 Å². The molecule has 1 atom stereocenters. The summed E-state index contributed by atoms with van der Waals surface area (Å²) in [5.74, 6) is -2.82. The van der Waals surface area contributed by atoms with E-state index in [0.717, 1.165) is 18.2 Å². The molecule has 1 aromatic rings. The van der Waals surface area contributed by atoms with Crippen molar-refractivity contribution in [3.8, 4) is 5.75 Å². The van der Waals surface area contributed by atoms with Gasteiger partial charge in [0.25, 0.3) is 0 Å². The average molecular weight is 273 g/mol. The van der Waals surface area contributed by atoms with Crippen molar-refractivity contribution in [3.63, 3.8) is 0 Å². The predicted octanol–water partition coefficient (Wildman–Crippen LogP) is 1.60. The molecule has 8 heteroatoms. The molecule has 7 nitrogen and oxygen atoms in total. The van der Waals surface area contributed by atoms with E-state index in [-0.39, 0.29) is 6.61 Å². The van der Waals surface area contributed by atoms with Crippen molar-refractivity contribution >= 4 is 11.7 Å². The number of nitro benzene ring substituents is 1. The van der Waals surface area contributed by atoms with Gasteiger partial charge in [-0.05, 0) is 13.0 Å². The number of carboxylic acid groups (broad SMARTS) is 1. The van der Waals surface area contributed by atoms with Crippen LogP contribution in [-0.4, -0.2) is 35.3 Å². The number of hydrogen-bond donors (Lipinski definition) is 1. The zero-order valence-electron chi connectivity index (χ0n) is 10.0. The number of nitrogens with zero attached hydrogens (tertiary/aromatic N) is 1. The molecule has 0 spiro atoms. The van der Waals surface area contributed by atoms with Gasteiger partial charge >= 0.3 is 11.7 Å². The highest BCUT2D eigenvalue weighted by Crippen LogP contribution is 2.29. The van der Waals surface area contributed by atoms with Gasteiger partial charge in [0.2, 0.25) is 5.75 Å². The van der Waals surface area contributed by atoms with Crippen LogP contribution in [0.1, 0.15) is 6.92 Å². The minimum absolute atomic E-state index is 0.125. The number of ether oxygens (including phenoxy) is 2. The molecule has 1 unspecified atom stereocenters. The number of para-hydroxylation sites is 1. The van der Waals surface area contributed by atoms with Crippen LogP contribution in [0.5, 0.6) is 5.75 Å². The summed E-state index contributed by atoms with van der Waals surface area (Å²) in [4.78, 5) is 20.7. The summed E-state index contributed by atoms with van der Waals surface area (Å²) in [7, 11) is 0. The van der Waals surface area contributed by atoms with Gasteiger partial charge in [0.05, 0.1) is 4.92 Å². The third-order valence-corrected chi connectivity index (χ3v) is 2.17. The van der Waals surface area contributed by atoms with Gasteiger partial charge in [0, 0.05) is 12.7 Å². The number of halogens is 1. The maximum absolute atomic E-state index is 13.4. The lowest BCUT2D eigenvalue weighted by Gasteiger charge is -2.13. The fraction of sp³-hybridized carbons (Fsp3) is 0.364. The molecule has 0 radical (unpaired) electrons. The molecule has 0 aromatic heterocycles. The topological polar surface area (TPSA) is 98.9 Å². The fourth-order valence-corrected chi connectivity index (χ4v) is 1.34. The second-order valence-electron chi connectivity index (χ2n) is 3.44. The molecule has 0 aliphatic heterocycles. The fourth-order valence-electron chi connectivity index (χ4n) is 1.34. The monoisotopic (exact) mass is 273 g/mol. The zero-order chi connectivity index (χ0) is 14.4. The summed E-state index contributed by atoms with van der Waals surface area (Å²) in [6.45, 7) is 1.19. The summed E-state index contributed by atoms with van der Waals surface area (Å²) in [6.07, 6.45) is -1.32. The Morgan fingerprint density at radius 2 is 2.26 bits per heavy atom. The highest BCUT2D eigenvalue weighted by molar-refractivity contribution is 5.72. The van der Waals surface area contributed by atoms with Gasteiger partial charge in [0.1, 0.15) is 6.61 Å². The molecule has 0 aliphatic carbocycles. The van der Waals surface area contributed by atoms with Crippen LogP contribution in [0.15, 0.2) is 18.2 Å². The van der Waals surface area contributed by atoms with E-state index in [4.69, 9.17) is 14.6 Å². The molecule has 0 amide bonds.